The number of aromatic nitrogens is 3. The van der Waals surface area contributed by atoms with Crippen LogP contribution < -0.4 is 10.3 Å². The molecule has 8 nitrogen and oxygen atoms in total. The zero-order valence-electron chi connectivity index (χ0n) is 23.9. The molecule has 9 heteroatoms. The molecule has 0 aliphatic heterocycles. The molecule has 0 N–H and O–H groups in total. The van der Waals surface area contributed by atoms with Crippen molar-refractivity contribution in [2.45, 2.75) is 71.8 Å². The van der Waals surface area contributed by atoms with Gasteiger partial charge in [-0.1, -0.05) is 35.2 Å². The van der Waals surface area contributed by atoms with Gasteiger partial charge in [-0.15, -0.1) is 0 Å². The molecule has 5 rings (SSSR count). The number of fused-ring (bicyclic) bond motifs is 1. The van der Waals surface area contributed by atoms with Crippen LogP contribution in [0.2, 0.25) is 0 Å². The molecule has 0 saturated heterocycles. The van der Waals surface area contributed by atoms with Crippen LogP contribution in [0.15, 0.2) is 62.9 Å². The van der Waals surface area contributed by atoms with E-state index in [0.717, 1.165) is 58.6 Å². The van der Waals surface area contributed by atoms with E-state index in [1.165, 1.54) is 11.1 Å². The average Bonchev–Trinajstić information content (AvgIpc) is 3.26. The minimum Gasteiger partial charge on any atom is -0.479 e. The van der Waals surface area contributed by atoms with Gasteiger partial charge < -0.3 is 14.0 Å². The molecule has 1 aliphatic rings. The second kappa shape index (κ2) is 12.4. The van der Waals surface area contributed by atoms with Gasteiger partial charge in [0, 0.05) is 33.0 Å². The number of esters is 1. The molecule has 4 aromatic rings. The molecule has 0 unspecified atom stereocenters. The SMILES string of the molecule is CCOC(=O)[C@H](C)Oc1ccc(-n2c(C)cc(C=Nn3c(C4CCCCC4)nc4ccc(Br)cc4c3=O)c2C)cc1. The molecule has 0 amide bonds. The Morgan fingerprint density at radius 1 is 1.12 bits per heavy atom. The van der Waals surface area contributed by atoms with Crippen LogP contribution in [0.5, 0.6) is 5.75 Å². The lowest BCUT2D eigenvalue weighted by molar-refractivity contribution is -0.150. The molecule has 1 aliphatic carbocycles. The van der Waals surface area contributed by atoms with Crippen molar-refractivity contribution in [3.8, 4) is 11.4 Å². The van der Waals surface area contributed by atoms with Crippen molar-refractivity contribution in [3.05, 3.63) is 86.1 Å². The third-order valence-corrected chi connectivity index (χ3v) is 8.11. The molecular formula is C32H35BrN4O4. The van der Waals surface area contributed by atoms with Gasteiger partial charge in [-0.25, -0.2) is 9.78 Å². The lowest BCUT2D eigenvalue weighted by Gasteiger charge is -2.22. The Balaban J connectivity index is 1.46. The summed E-state index contributed by atoms with van der Waals surface area (Å²) in [6.45, 7) is 7.82. The summed E-state index contributed by atoms with van der Waals surface area (Å²) < 4.78 is 15.2. The number of hydrogen-bond acceptors (Lipinski definition) is 6. The standard InChI is InChI=1S/C32H35BrN4O4/c1-5-40-32(39)22(4)41-27-14-12-26(13-15-27)36-20(2)17-24(21(36)3)19-34-37-30(23-9-7-6-8-10-23)35-29-16-11-25(33)18-28(29)31(37)38/h11-19,22-23H,5-10H2,1-4H3/t22-/m0/s1. The van der Waals surface area contributed by atoms with Crippen LogP contribution in [-0.4, -0.2) is 39.1 Å². The third-order valence-electron chi connectivity index (χ3n) is 7.61. The lowest BCUT2D eigenvalue weighted by Crippen LogP contribution is -2.26. The highest BCUT2D eigenvalue weighted by Gasteiger charge is 2.23. The quantitative estimate of drug-likeness (QED) is 0.160. The Labute approximate surface area is 248 Å². The first kappa shape index (κ1) is 28.8. The summed E-state index contributed by atoms with van der Waals surface area (Å²) in [4.78, 5) is 30.5. The Morgan fingerprint density at radius 2 is 1.85 bits per heavy atom. The predicted octanol–water partition coefficient (Wildman–Crippen LogP) is 6.83. The van der Waals surface area contributed by atoms with E-state index in [-0.39, 0.29) is 11.5 Å². The number of carbonyl (C=O) groups excluding carboxylic acids is 1. The van der Waals surface area contributed by atoms with Crippen LogP contribution in [-0.2, 0) is 9.53 Å². The topological polar surface area (TPSA) is 87.7 Å². The summed E-state index contributed by atoms with van der Waals surface area (Å²) in [6.07, 6.45) is 6.58. The first-order valence-electron chi connectivity index (χ1n) is 14.2. The molecule has 2 aromatic carbocycles. The van der Waals surface area contributed by atoms with Gasteiger partial charge in [0.1, 0.15) is 11.6 Å². The maximum atomic E-state index is 13.7. The minimum atomic E-state index is -0.689. The van der Waals surface area contributed by atoms with E-state index in [2.05, 4.69) is 26.6 Å². The Morgan fingerprint density at radius 3 is 2.56 bits per heavy atom. The molecule has 1 saturated carbocycles. The van der Waals surface area contributed by atoms with Gasteiger partial charge in [-0.3, -0.25) is 4.79 Å². The third kappa shape index (κ3) is 6.15. The second-order valence-corrected chi connectivity index (χ2v) is 11.4. The summed E-state index contributed by atoms with van der Waals surface area (Å²) >= 11 is 3.49. The van der Waals surface area contributed by atoms with Crippen LogP contribution in [0.25, 0.3) is 16.6 Å². The molecule has 2 aromatic heterocycles. The van der Waals surface area contributed by atoms with Crippen molar-refractivity contribution >= 4 is 39.0 Å². The second-order valence-electron chi connectivity index (χ2n) is 10.5. The van der Waals surface area contributed by atoms with Gasteiger partial charge in [-0.05, 0) is 89.1 Å². The molecule has 1 fully saturated rings. The van der Waals surface area contributed by atoms with Crippen molar-refractivity contribution in [2.75, 3.05) is 6.61 Å². The normalized spacial score (nSPS) is 15.0. The number of benzene rings is 2. The smallest absolute Gasteiger partial charge is 0.347 e. The van der Waals surface area contributed by atoms with Crippen LogP contribution in [0, 0.1) is 13.8 Å². The van der Waals surface area contributed by atoms with Crippen LogP contribution >= 0.6 is 15.9 Å². The van der Waals surface area contributed by atoms with Crippen molar-refractivity contribution in [3.63, 3.8) is 0 Å². The van der Waals surface area contributed by atoms with Crippen LogP contribution in [0.1, 0.15) is 74.6 Å². The van der Waals surface area contributed by atoms with E-state index >= 15 is 0 Å². The highest BCUT2D eigenvalue weighted by atomic mass is 79.9. The number of nitrogens with zero attached hydrogens (tertiary/aromatic N) is 4. The summed E-state index contributed by atoms with van der Waals surface area (Å²) in [5, 5.41) is 5.29. The average molecular weight is 620 g/mol. The fourth-order valence-corrected chi connectivity index (χ4v) is 5.88. The van der Waals surface area contributed by atoms with E-state index in [1.54, 1.807) is 20.1 Å². The zero-order valence-corrected chi connectivity index (χ0v) is 25.5. The Kier molecular flexibility index (Phi) is 8.73. The largest absolute Gasteiger partial charge is 0.479 e. The number of ether oxygens (including phenoxy) is 2. The monoisotopic (exact) mass is 618 g/mol. The summed E-state index contributed by atoms with van der Waals surface area (Å²) in [5.74, 6) is 1.14. The van der Waals surface area contributed by atoms with Crippen molar-refractivity contribution in [1.82, 2.24) is 14.2 Å². The molecular weight excluding hydrogens is 584 g/mol. The lowest BCUT2D eigenvalue weighted by atomic mass is 9.88. The first-order chi connectivity index (χ1) is 19.8. The van der Waals surface area contributed by atoms with Gasteiger partial charge in [0.2, 0.25) is 0 Å². The number of hydrogen-bond donors (Lipinski definition) is 0. The number of rotatable bonds is 8. The molecule has 41 heavy (non-hydrogen) atoms. The van der Waals surface area contributed by atoms with Crippen LogP contribution in [0.4, 0.5) is 0 Å². The Bertz CT molecular complexity index is 1650. The molecule has 1 atom stereocenters. The number of halogens is 1. The summed E-state index contributed by atoms with van der Waals surface area (Å²) in [5.41, 5.74) is 4.42. The van der Waals surface area contributed by atoms with Crippen molar-refractivity contribution in [2.24, 2.45) is 5.10 Å². The number of aryl methyl sites for hydroxylation is 1. The fourth-order valence-electron chi connectivity index (χ4n) is 5.52. The van der Waals surface area contributed by atoms with Gasteiger partial charge in [-0.2, -0.15) is 9.78 Å². The Hall–Kier alpha value is -3.72. The van der Waals surface area contributed by atoms with Gasteiger partial charge in [0.05, 0.1) is 23.7 Å². The highest BCUT2D eigenvalue weighted by molar-refractivity contribution is 9.10. The van der Waals surface area contributed by atoms with E-state index in [4.69, 9.17) is 19.6 Å². The molecule has 0 spiro atoms. The minimum absolute atomic E-state index is 0.158. The van der Waals surface area contributed by atoms with Crippen molar-refractivity contribution in [1.29, 1.82) is 0 Å². The fraction of sp³-hybridized carbons (Fsp3) is 0.375. The molecule has 214 valence electrons. The highest BCUT2D eigenvalue weighted by Crippen LogP contribution is 2.32. The van der Waals surface area contributed by atoms with E-state index in [1.807, 2.05) is 56.3 Å². The number of carbonyl (C=O) groups is 1. The first-order valence-corrected chi connectivity index (χ1v) is 15.0. The maximum Gasteiger partial charge on any atom is 0.347 e. The van der Waals surface area contributed by atoms with E-state index < -0.39 is 12.1 Å². The van der Waals surface area contributed by atoms with Crippen LogP contribution in [0.3, 0.4) is 0 Å². The van der Waals surface area contributed by atoms with Gasteiger partial charge in [0.15, 0.2) is 6.10 Å². The molecule has 2 heterocycles. The van der Waals surface area contributed by atoms with Crippen molar-refractivity contribution < 1.29 is 14.3 Å². The van der Waals surface area contributed by atoms with E-state index in [9.17, 15) is 9.59 Å². The van der Waals surface area contributed by atoms with Gasteiger partial charge in [0.25, 0.3) is 5.56 Å². The van der Waals surface area contributed by atoms with Gasteiger partial charge >= 0.3 is 5.97 Å². The predicted molar refractivity (Wildman–Crippen MR) is 164 cm³/mol. The maximum absolute atomic E-state index is 13.7. The molecule has 0 bridgehead atoms. The molecule has 0 radical (unpaired) electrons. The van der Waals surface area contributed by atoms with E-state index in [0.29, 0.717) is 23.3 Å². The zero-order chi connectivity index (χ0) is 29.1. The summed E-state index contributed by atoms with van der Waals surface area (Å²) in [7, 11) is 0. The summed E-state index contributed by atoms with van der Waals surface area (Å²) in [6, 6.07) is 15.3.